The minimum atomic E-state index is -3.26. The number of benzene rings is 1. The van der Waals surface area contributed by atoms with Crippen LogP contribution in [0.25, 0.3) is 11.0 Å². The standard InChI is InChI=1S/C15H15ClN2O5S/c1-8(19)14-13(9-4-2-3-5-12(9)23-14)18-15(20)17-11-7-24(21,22)6-10(11)16/h2-5,10-11H,6-7H2,1H3,(H2,17,18,20). The fraction of sp³-hybridized carbons (Fsp3) is 0.333. The van der Waals surface area contributed by atoms with Crippen LogP contribution in [0.15, 0.2) is 28.7 Å². The molecule has 0 bridgehead atoms. The summed E-state index contributed by atoms with van der Waals surface area (Å²) in [6.45, 7) is 1.33. The van der Waals surface area contributed by atoms with Gasteiger partial charge in [-0.1, -0.05) is 12.1 Å². The number of furan rings is 1. The average molecular weight is 371 g/mol. The van der Waals surface area contributed by atoms with Crippen molar-refractivity contribution in [2.24, 2.45) is 0 Å². The normalized spacial score (nSPS) is 22.4. The number of urea groups is 1. The Morgan fingerprint density at radius 2 is 1.96 bits per heavy atom. The Labute approximate surface area is 143 Å². The lowest BCUT2D eigenvalue weighted by atomic mass is 10.2. The lowest BCUT2D eigenvalue weighted by molar-refractivity contribution is 0.0990. The summed E-state index contributed by atoms with van der Waals surface area (Å²) in [5.74, 6) is -0.680. The molecule has 0 spiro atoms. The highest BCUT2D eigenvalue weighted by atomic mass is 35.5. The van der Waals surface area contributed by atoms with E-state index in [2.05, 4.69) is 10.6 Å². The molecule has 2 N–H and O–H groups in total. The van der Waals surface area contributed by atoms with Crippen LogP contribution in [0, 0.1) is 0 Å². The molecule has 128 valence electrons. The number of halogens is 1. The van der Waals surface area contributed by atoms with Crippen LogP contribution in [-0.2, 0) is 9.84 Å². The largest absolute Gasteiger partial charge is 0.451 e. The van der Waals surface area contributed by atoms with Gasteiger partial charge < -0.3 is 15.1 Å². The van der Waals surface area contributed by atoms with E-state index in [4.69, 9.17) is 16.0 Å². The van der Waals surface area contributed by atoms with Crippen molar-refractivity contribution >= 4 is 49.9 Å². The quantitative estimate of drug-likeness (QED) is 0.636. The van der Waals surface area contributed by atoms with E-state index in [1.807, 2.05) is 0 Å². The summed E-state index contributed by atoms with van der Waals surface area (Å²) in [6, 6.07) is 5.58. The Kier molecular flexibility index (Phi) is 4.27. The zero-order valence-corrected chi connectivity index (χ0v) is 14.3. The number of ketones is 1. The maximum Gasteiger partial charge on any atom is 0.319 e. The summed E-state index contributed by atoms with van der Waals surface area (Å²) >= 11 is 5.97. The number of Topliss-reactive ketones (excluding diaryl/α,β-unsaturated/α-hetero) is 1. The number of rotatable bonds is 3. The minimum Gasteiger partial charge on any atom is -0.451 e. The van der Waals surface area contributed by atoms with Gasteiger partial charge in [0.05, 0.1) is 22.9 Å². The summed E-state index contributed by atoms with van der Waals surface area (Å²) in [4.78, 5) is 23.9. The smallest absolute Gasteiger partial charge is 0.319 e. The zero-order chi connectivity index (χ0) is 17.5. The zero-order valence-electron chi connectivity index (χ0n) is 12.7. The molecule has 0 aliphatic carbocycles. The van der Waals surface area contributed by atoms with E-state index < -0.39 is 27.3 Å². The van der Waals surface area contributed by atoms with Gasteiger partial charge in [0.25, 0.3) is 0 Å². The number of hydrogen-bond donors (Lipinski definition) is 2. The fourth-order valence-corrected chi connectivity index (χ4v) is 5.22. The second-order valence-corrected chi connectivity index (χ2v) is 8.37. The topological polar surface area (TPSA) is 105 Å². The van der Waals surface area contributed by atoms with Crippen molar-refractivity contribution in [2.45, 2.75) is 18.3 Å². The van der Waals surface area contributed by atoms with Crippen molar-refractivity contribution in [1.82, 2.24) is 5.32 Å². The summed E-state index contributed by atoms with van der Waals surface area (Å²) in [5, 5.41) is 5.01. The Hall–Kier alpha value is -2.06. The molecule has 2 unspecified atom stereocenters. The van der Waals surface area contributed by atoms with Gasteiger partial charge in [0.15, 0.2) is 21.4 Å². The van der Waals surface area contributed by atoms with Crippen molar-refractivity contribution in [1.29, 1.82) is 0 Å². The van der Waals surface area contributed by atoms with Crippen molar-refractivity contribution in [3.63, 3.8) is 0 Å². The Morgan fingerprint density at radius 3 is 2.58 bits per heavy atom. The molecule has 1 aromatic carbocycles. The fourth-order valence-electron chi connectivity index (χ4n) is 2.67. The van der Waals surface area contributed by atoms with Gasteiger partial charge in [-0.3, -0.25) is 4.79 Å². The van der Waals surface area contributed by atoms with Gasteiger partial charge in [0, 0.05) is 12.3 Å². The molecule has 1 saturated heterocycles. The van der Waals surface area contributed by atoms with Crippen LogP contribution in [0.5, 0.6) is 0 Å². The first-order chi connectivity index (χ1) is 11.3. The maximum atomic E-state index is 12.2. The number of para-hydroxylation sites is 1. The van der Waals surface area contributed by atoms with Crippen molar-refractivity contribution < 1.29 is 22.4 Å². The van der Waals surface area contributed by atoms with Crippen LogP contribution in [0.1, 0.15) is 17.5 Å². The third-order valence-corrected chi connectivity index (χ3v) is 6.13. The molecule has 1 aromatic heterocycles. The van der Waals surface area contributed by atoms with E-state index in [0.717, 1.165) is 0 Å². The molecule has 2 heterocycles. The second-order valence-electron chi connectivity index (χ2n) is 5.66. The van der Waals surface area contributed by atoms with Crippen LogP contribution in [0.3, 0.4) is 0 Å². The molecule has 9 heteroatoms. The molecule has 2 atom stereocenters. The number of carbonyl (C=O) groups is 2. The molecular formula is C15H15ClN2O5S. The minimum absolute atomic E-state index is 0.0350. The maximum absolute atomic E-state index is 12.2. The first-order valence-electron chi connectivity index (χ1n) is 7.21. The highest BCUT2D eigenvalue weighted by molar-refractivity contribution is 7.91. The van der Waals surface area contributed by atoms with Gasteiger partial charge in [-0.05, 0) is 12.1 Å². The molecule has 2 aromatic rings. The van der Waals surface area contributed by atoms with Gasteiger partial charge in [-0.25, -0.2) is 13.2 Å². The number of anilines is 1. The van der Waals surface area contributed by atoms with Gasteiger partial charge in [-0.2, -0.15) is 0 Å². The molecule has 1 fully saturated rings. The molecule has 0 saturated carbocycles. The van der Waals surface area contributed by atoms with E-state index in [9.17, 15) is 18.0 Å². The summed E-state index contributed by atoms with van der Waals surface area (Å²) in [6.07, 6.45) is 0. The number of amides is 2. The number of nitrogens with one attached hydrogen (secondary N) is 2. The van der Waals surface area contributed by atoms with E-state index in [-0.39, 0.29) is 28.7 Å². The monoisotopic (exact) mass is 370 g/mol. The number of fused-ring (bicyclic) bond motifs is 1. The van der Waals surface area contributed by atoms with E-state index in [1.165, 1.54) is 6.92 Å². The first-order valence-corrected chi connectivity index (χ1v) is 9.47. The summed E-state index contributed by atoms with van der Waals surface area (Å²) in [7, 11) is -3.26. The number of sulfone groups is 1. The first kappa shape index (κ1) is 16.8. The SMILES string of the molecule is CC(=O)c1oc2ccccc2c1NC(=O)NC1CS(=O)(=O)CC1Cl. The Balaban J connectivity index is 1.83. The Morgan fingerprint density at radius 1 is 1.25 bits per heavy atom. The molecule has 1 aliphatic heterocycles. The molecule has 7 nitrogen and oxygen atoms in total. The molecule has 3 rings (SSSR count). The van der Waals surface area contributed by atoms with Gasteiger partial charge >= 0.3 is 6.03 Å². The highest BCUT2D eigenvalue weighted by Gasteiger charge is 2.37. The molecule has 2 amide bonds. The average Bonchev–Trinajstić information content (AvgIpc) is 2.96. The van der Waals surface area contributed by atoms with Gasteiger partial charge in [0.2, 0.25) is 0 Å². The van der Waals surface area contributed by atoms with Crippen molar-refractivity contribution in [3.8, 4) is 0 Å². The van der Waals surface area contributed by atoms with E-state index >= 15 is 0 Å². The van der Waals surface area contributed by atoms with Gasteiger partial charge in [-0.15, -0.1) is 11.6 Å². The van der Waals surface area contributed by atoms with Crippen LogP contribution >= 0.6 is 11.6 Å². The van der Waals surface area contributed by atoms with Gasteiger partial charge in [0.1, 0.15) is 11.3 Å². The second kappa shape index (κ2) is 6.10. The van der Waals surface area contributed by atoms with Crippen LogP contribution < -0.4 is 10.6 Å². The predicted molar refractivity (Wildman–Crippen MR) is 90.5 cm³/mol. The lowest BCUT2D eigenvalue weighted by Gasteiger charge is -2.15. The van der Waals surface area contributed by atoms with Crippen molar-refractivity contribution in [2.75, 3.05) is 16.8 Å². The van der Waals surface area contributed by atoms with Crippen LogP contribution in [0.4, 0.5) is 10.5 Å². The molecule has 0 radical (unpaired) electrons. The van der Waals surface area contributed by atoms with E-state index in [1.54, 1.807) is 24.3 Å². The molecule has 24 heavy (non-hydrogen) atoms. The molecule has 1 aliphatic rings. The predicted octanol–water partition coefficient (Wildman–Crippen LogP) is 2.16. The number of carbonyl (C=O) groups excluding carboxylic acids is 2. The lowest BCUT2D eigenvalue weighted by Crippen LogP contribution is -2.43. The third kappa shape index (κ3) is 3.25. The van der Waals surface area contributed by atoms with Crippen LogP contribution in [0.2, 0.25) is 0 Å². The summed E-state index contributed by atoms with van der Waals surface area (Å²) in [5.41, 5.74) is 0.722. The third-order valence-electron chi connectivity index (χ3n) is 3.75. The summed E-state index contributed by atoms with van der Waals surface area (Å²) < 4.78 is 28.6. The number of alkyl halides is 1. The number of hydrogen-bond acceptors (Lipinski definition) is 5. The molecular weight excluding hydrogens is 356 g/mol. The van der Waals surface area contributed by atoms with E-state index in [0.29, 0.717) is 11.0 Å². The Bertz CT molecular complexity index is 921. The highest BCUT2D eigenvalue weighted by Crippen LogP contribution is 2.31. The van der Waals surface area contributed by atoms with Crippen molar-refractivity contribution in [3.05, 3.63) is 30.0 Å². The van der Waals surface area contributed by atoms with Crippen LogP contribution in [-0.4, -0.2) is 43.2 Å².